The second-order valence-electron chi connectivity index (χ2n) is 5.61. The first-order valence-corrected chi connectivity index (χ1v) is 9.47. The number of aromatic nitrogens is 2. The number of hydrogen-bond acceptors (Lipinski definition) is 3. The van der Waals surface area contributed by atoms with Crippen LogP contribution in [-0.4, -0.2) is 33.2 Å². The van der Waals surface area contributed by atoms with Crippen LogP contribution in [0.2, 0.25) is 0 Å². The van der Waals surface area contributed by atoms with Crippen molar-refractivity contribution in [1.29, 1.82) is 0 Å². The molecular formula is C20H21N3OS. The molecule has 3 rings (SSSR count). The van der Waals surface area contributed by atoms with Gasteiger partial charge in [0.05, 0.1) is 6.20 Å². The number of amides is 1. The van der Waals surface area contributed by atoms with Crippen LogP contribution in [0, 0.1) is 0 Å². The molecule has 1 amide bonds. The number of imidazole rings is 1. The molecule has 0 N–H and O–H groups in total. The molecule has 25 heavy (non-hydrogen) atoms. The van der Waals surface area contributed by atoms with Crippen LogP contribution in [0.5, 0.6) is 0 Å². The number of carbonyl (C=O) groups excluding carboxylic acids is 1. The zero-order valence-corrected chi connectivity index (χ0v) is 15.2. The van der Waals surface area contributed by atoms with Crippen LogP contribution in [0.3, 0.4) is 0 Å². The number of carbonyl (C=O) groups is 1. The molecule has 0 bridgehead atoms. The van der Waals surface area contributed by atoms with Crippen molar-refractivity contribution < 1.29 is 4.79 Å². The summed E-state index contributed by atoms with van der Waals surface area (Å²) in [5.74, 6) is -0.0111. The first-order valence-electron chi connectivity index (χ1n) is 8.25. The Balaban J connectivity index is 1.95. The van der Waals surface area contributed by atoms with Gasteiger partial charge in [-0.05, 0) is 30.9 Å². The monoisotopic (exact) mass is 351 g/mol. The molecule has 0 atom stereocenters. The van der Waals surface area contributed by atoms with Crippen LogP contribution in [0.4, 0.5) is 0 Å². The van der Waals surface area contributed by atoms with E-state index in [1.165, 1.54) is 11.8 Å². The quantitative estimate of drug-likeness (QED) is 0.623. The normalized spacial score (nSPS) is 10.6. The highest BCUT2D eigenvalue weighted by Gasteiger charge is 2.22. The van der Waals surface area contributed by atoms with Crippen molar-refractivity contribution >= 4 is 17.7 Å². The fourth-order valence-electron chi connectivity index (χ4n) is 2.75. The smallest absolute Gasteiger partial charge is 0.272 e. The van der Waals surface area contributed by atoms with Crippen molar-refractivity contribution in [3.05, 3.63) is 78.1 Å². The molecule has 0 fully saturated rings. The van der Waals surface area contributed by atoms with Gasteiger partial charge in [0.2, 0.25) is 0 Å². The fraction of sp³-hybridized carbons (Fsp3) is 0.200. The number of rotatable bonds is 6. The average Bonchev–Trinajstić information content (AvgIpc) is 3.11. The molecular weight excluding hydrogens is 330 g/mol. The van der Waals surface area contributed by atoms with Gasteiger partial charge in [-0.15, -0.1) is 0 Å². The van der Waals surface area contributed by atoms with Gasteiger partial charge in [-0.25, -0.2) is 4.98 Å². The molecule has 0 saturated carbocycles. The lowest BCUT2D eigenvalue weighted by Crippen LogP contribution is -2.31. The molecule has 128 valence electrons. The summed E-state index contributed by atoms with van der Waals surface area (Å²) >= 11 is 1.53. The summed E-state index contributed by atoms with van der Waals surface area (Å²) in [5.41, 5.74) is 2.66. The minimum absolute atomic E-state index is 0.0111. The SMILES string of the molecule is CCN(Cc1ccccc1)C(=O)c1cnc(SC)n1-c1ccccc1. The minimum Gasteiger partial charge on any atom is -0.333 e. The van der Waals surface area contributed by atoms with Gasteiger partial charge in [-0.1, -0.05) is 60.3 Å². The third-order valence-corrected chi connectivity index (χ3v) is 4.68. The van der Waals surface area contributed by atoms with E-state index in [0.29, 0.717) is 18.8 Å². The Kier molecular flexibility index (Phi) is 5.56. The molecule has 0 unspecified atom stereocenters. The average molecular weight is 351 g/mol. The first-order chi connectivity index (χ1) is 12.2. The molecule has 0 radical (unpaired) electrons. The second kappa shape index (κ2) is 8.03. The van der Waals surface area contributed by atoms with Crippen LogP contribution in [-0.2, 0) is 6.54 Å². The van der Waals surface area contributed by atoms with Gasteiger partial charge in [0.1, 0.15) is 5.69 Å². The van der Waals surface area contributed by atoms with Crippen molar-refractivity contribution in [3.63, 3.8) is 0 Å². The first kappa shape index (κ1) is 17.3. The number of benzene rings is 2. The Morgan fingerprint density at radius 1 is 1.08 bits per heavy atom. The van der Waals surface area contributed by atoms with Gasteiger partial charge in [0.15, 0.2) is 5.16 Å². The van der Waals surface area contributed by atoms with Gasteiger partial charge in [0.25, 0.3) is 5.91 Å². The highest BCUT2D eigenvalue weighted by Crippen LogP contribution is 2.23. The minimum atomic E-state index is -0.0111. The molecule has 0 aliphatic heterocycles. The standard InChI is InChI=1S/C20H21N3OS/c1-3-22(15-16-10-6-4-7-11-16)19(24)18-14-21-20(25-2)23(18)17-12-8-5-9-13-17/h4-14H,3,15H2,1-2H3. The Morgan fingerprint density at radius 2 is 1.72 bits per heavy atom. The van der Waals surface area contributed by atoms with Crippen LogP contribution < -0.4 is 0 Å². The van der Waals surface area contributed by atoms with E-state index >= 15 is 0 Å². The van der Waals surface area contributed by atoms with Crippen molar-refractivity contribution in [3.8, 4) is 5.69 Å². The Hall–Kier alpha value is -2.53. The molecule has 5 heteroatoms. The van der Waals surface area contributed by atoms with Gasteiger partial charge in [-0.3, -0.25) is 9.36 Å². The Labute approximate surface area is 152 Å². The van der Waals surface area contributed by atoms with E-state index in [2.05, 4.69) is 4.98 Å². The van der Waals surface area contributed by atoms with E-state index in [1.807, 2.05) is 83.3 Å². The number of nitrogens with zero attached hydrogens (tertiary/aromatic N) is 3. The molecule has 0 spiro atoms. The maximum Gasteiger partial charge on any atom is 0.272 e. The topological polar surface area (TPSA) is 38.1 Å². The summed E-state index contributed by atoms with van der Waals surface area (Å²) in [6, 6.07) is 19.9. The molecule has 0 saturated heterocycles. The molecule has 1 aromatic heterocycles. The molecule has 3 aromatic rings. The van der Waals surface area contributed by atoms with Crippen LogP contribution >= 0.6 is 11.8 Å². The zero-order chi connectivity index (χ0) is 17.6. The lowest BCUT2D eigenvalue weighted by atomic mass is 10.2. The van der Waals surface area contributed by atoms with Crippen molar-refractivity contribution in [2.75, 3.05) is 12.8 Å². The summed E-state index contributed by atoms with van der Waals surface area (Å²) in [4.78, 5) is 19.4. The third-order valence-electron chi connectivity index (χ3n) is 4.03. The zero-order valence-electron chi connectivity index (χ0n) is 14.4. The number of thioether (sulfide) groups is 1. The van der Waals surface area contributed by atoms with Gasteiger partial charge in [0, 0.05) is 18.8 Å². The van der Waals surface area contributed by atoms with Crippen LogP contribution in [0.25, 0.3) is 5.69 Å². The van der Waals surface area contributed by atoms with E-state index in [1.54, 1.807) is 6.20 Å². The van der Waals surface area contributed by atoms with Gasteiger partial charge >= 0.3 is 0 Å². The maximum atomic E-state index is 13.2. The van der Waals surface area contributed by atoms with Crippen LogP contribution in [0.1, 0.15) is 23.0 Å². The molecule has 4 nitrogen and oxygen atoms in total. The fourth-order valence-corrected chi connectivity index (χ4v) is 3.29. The summed E-state index contributed by atoms with van der Waals surface area (Å²) in [6.07, 6.45) is 3.65. The number of hydrogen-bond donors (Lipinski definition) is 0. The lowest BCUT2D eigenvalue weighted by molar-refractivity contribution is 0.0744. The Bertz CT molecular complexity index is 831. The van der Waals surface area contributed by atoms with E-state index in [4.69, 9.17) is 0 Å². The predicted octanol–water partition coefficient (Wildman–Crippen LogP) is 4.26. The van der Waals surface area contributed by atoms with Crippen molar-refractivity contribution in [2.45, 2.75) is 18.6 Å². The number of para-hydroxylation sites is 1. The third kappa shape index (κ3) is 3.77. The van der Waals surface area contributed by atoms with Gasteiger partial charge in [-0.2, -0.15) is 0 Å². The largest absolute Gasteiger partial charge is 0.333 e. The predicted molar refractivity (Wildman–Crippen MR) is 102 cm³/mol. The summed E-state index contributed by atoms with van der Waals surface area (Å²) in [7, 11) is 0. The van der Waals surface area contributed by atoms with E-state index in [-0.39, 0.29) is 5.91 Å². The van der Waals surface area contributed by atoms with Crippen molar-refractivity contribution in [2.24, 2.45) is 0 Å². The Morgan fingerprint density at radius 3 is 2.32 bits per heavy atom. The van der Waals surface area contributed by atoms with Crippen molar-refractivity contribution in [1.82, 2.24) is 14.5 Å². The summed E-state index contributed by atoms with van der Waals surface area (Å²) in [6.45, 7) is 3.23. The van der Waals surface area contributed by atoms with E-state index in [0.717, 1.165) is 16.4 Å². The van der Waals surface area contributed by atoms with Gasteiger partial charge < -0.3 is 4.90 Å². The van der Waals surface area contributed by atoms with Crippen LogP contribution in [0.15, 0.2) is 72.0 Å². The van der Waals surface area contributed by atoms with E-state index in [9.17, 15) is 4.79 Å². The molecule has 0 aliphatic rings. The summed E-state index contributed by atoms with van der Waals surface area (Å²) in [5, 5.41) is 0.810. The van der Waals surface area contributed by atoms with E-state index < -0.39 is 0 Å². The molecule has 2 aromatic carbocycles. The highest BCUT2D eigenvalue weighted by molar-refractivity contribution is 7.98. The molecule has 1 heterocycles. The highest BCUT2D eigenvalue weighted by atomic mass is 32.2. The summed E-state index contributed by atoms with van der Waals surface area (Å²) < 4.78 is 1.93. The second-order valence-corrected chi connectivity index (χ2v) is 6.38. The maximum absolute atomic E-state index is 13.2. The lowest BCUT2D eigenvalue weighted by Gasteiger charge is -2.22. The molecule has 0 aliphatic carbocycles.